The van der Waals surface area contributed by atoms with Crippen molar-refractivity contribution < 1.29 is 9.59 Å². The maximum Gasteiger partial charge on any atom is 0.244 e. The smallest absolute Gasteiger partial charge is 0.244 e. The van der Waals surface area contributed by atoms with Gasteiger partial charge in [0, 0.05) is 0 Å². The van der Waals surface area contributed by atoms with Crippen molar-refractivity contribution in [1.29, 1.82) is 0 Å². The van der Waals surface area contributed by atoms with Crippen LogP contribution in [-0.2, 0) is 9.59 Å². The third-order valence-corrected chi connectivity index (χ3v) is 3.67. The van der Waals surface area contributed by atoms with E-state index in [2.05, 4.69) is 29.4 Å². The molecule has 116 valence electrons. The predicted octanol–water partition coefficient (Wildman–Crippen LogP) is 1.28. The van der Waals surface area contributed by atoms with Gasteiger partial charge in [-0.15, -0.1) is 0 Å². The summed E-state index contributed by atoms with van der Waals surface area (Å²) in [4.78, 5) is 25.0. The highest BCUT2D eigenvalue weighted by molar-refractivity contribution is 6.05. The fourth-order valence-corrected chi connectivity index (χ4v) is 2.40. The second kappa shape index (κ2) is 9.88. The summed E-state index contributed by atoms with van der Waals surface area (Å²) < 4.78 is 0. The Kier molecular flexibility index (Phi) is 8.46. The molecule has 20 heavy (non-hydrogen) atoms. The van der Waals surface area contributed by atoms with E-state index >= 15 is 0 Å². The normalized spacial score (nSPS) is 18.9. The van der Waals surface area contributed by atoms with Crippen molar-refractivity contribution in [2.24, 2.45) is 0 Å². The van der Waals surface area contributed by atoms with Gasteiger partial charge in [-0.2, -0.15) is 0 Å². The van der Waals surface area contributed by atoms with Gasteiger partial charge in [-0.1, -0.05) is 26.7 Å². The van der Waals surface area contributed by atoms with Crippen LogP contribution in [-0.4, -0.2) is 48.9 Å². The first-order chi connectivity index (χ1) is 9.67. The molecule has 0 spiro atoms. The molecule has 0 aromatic rings. The number of hydrogen-bond acceptors (Lipinski definition) is 4. The van der Waals surface area contributed by atoms with E-state index in [4.69, 9.17) is 0 Å². The largest absolute Gasteiger partial charge is 0.305 e. The van der Waals surface area contributed by atoms with Crippen molar-refractivity contribution in [1.82, 2.24) is 15.5 Å². The van der Waals surface area contributed by atoms with Gasteiger partial charge in [-0.25, -0.2) is 0 Å². The van der Waals surface area contributed by atoms with Crippen LogP contribution in [0.2, 0.25) is 0 Å². The molecular formula is C15H29N3O2. The molecule has 1 saturated heterocycles. The van der Waals surface area contributed by atoms with E-state index in [9.17, 15) is 9.59 Å². The predicted molar refractivity (Wildman–Crippen MR) is 80.4 cm³/mol. The Morgan fingerprint density at radius 2 is 1.70 bits per heavy atom. The summed E-state index contributed by atoms with van der Waals surface area (Å²) in [5.41, 5.74) is 0. The van der Waals surface area contributed by atoms with Gasteiger partial charge in [0.25, 0.3) is 0 Å². The van der Waals surface area contributed by atoms with Gasteiger partial charge < -0.3 is 10.2 Å². The Labute approximate surface area is 122 Å². The van der Waals surface area contributed by atoms with Crippen LogP contribution in [0.25, 0.3) is 0 Å². The molecule has 2 amide bonds. The van der Waals surface area contributed by atoms with Gasteiger partial charge in [0.1, 0.15) is 0 Å². The SMILES string of the molecule is CCCCN(CCCC)CCCNC1CC(=O)NC1=O. The minimum Gasteiger partial charge on any atom is -0.305 e. The van der Waals surface area contributed by atoms with Crippen LogP contribution in [0.3, 0.4) is 0 Å². The highest BCUT2D eigenvalue weighted by atomic mass is 16.2. The number of hydrogen-bond donors (Lipinski definition) is 2. The molecule has 2 N–H and O–H groups in total. The topological polar surface area (TPSA) is 61.4 Å². The minimum atomic E-state index is -0.317. The van der Waals surface area contributed by atoms with Crippen molar-refractivity contribution in [3.8, 4) is 0 Å². The van der Waals surface area contributed by atoms with E-state index in [-0.39, 0.29) is 24.3 Å². The average Bonchev–Trinajstić information content (AvgIpc) is 2.75. The number of nitrogens with zero attached hydrogens (tertiary/aromatic N) is 1. The monoisotopic (exact) mass is 283 g/mol. The van der Waals surface area contributed by atoms with E-state index in [1.807, 2.05) is 0 Å². The van der Waals surface area contributed by atoms with Crippen molar-refractivity contribution in [2.75, 3.05) is 26.2 Å². The number of amides is 2. The first-order valence-electron chi connectivity index (χ1n) is 7.96. The second-order valence-electron chi connectivity index (χ2n) is 5.53. The average molecular weight is 283 g/mol. The summed E-state index contributed by atoms with van der Waals surface area (Å²) in [7, 11) is 0. The fourth-order valence-electron chi connectivity index (χ4n) is 2.40. The molecule has 1 unspecified atom stereocenters. The summed E-state index contributed by atoms with van der Waals surface area (Å²) in [6.45, 7) is 8.62. The summed E-state index contributed by atoms with van der Waals surface area (Å²) in [5, 5.41) is 5.49. The molecule has 0 radical (unpaired) electrons. The molecule has 0 saturated carbocycles. The summed E-state index contributed by atoms with van der Waals surface area (Å²) in [5.74, 6) is -0.344. The molecule has 0 bridgehead atoms. The number of unbranched alkanes of at least 4 members (excludes halogenated alkanes) is 2. The fraction of sp³-hybridized carbons (Fsp3) is 0.867. The molecule has 1 fully saturated rings. The lowest BCUT2D eigenvalue weighted by atomic mass is 10.2. The lowest BCUT2D eigenvalue weighted by Crippen LogP contribution is -2.38. The first-order valence-corrected chi connectivity index (χ1v) is 7.96. The molecule has 0 aliphatic carbocycles. The lowest BCUT2D eigenvalue weighted by molar-refractivity contribution is -0.125. The van der Waals surface area contributed by atoms with E-state index in [0.717, 1.165) is 19.5 Å². The Bertz CT molecular complexity index is 299. The summed E-state index contributed by atoms with van der Waals surface area (Å²) in [6.07, 6.45) is 6.25. The third kappa shape index (κ3) is 6.48. The first kappa shape index (κ1) is 17.1. The molecule has 1 heterocycles. The minimum absolute atomic E-state index is 0.167. The summed E-state index contributed by atoms with van der Waals surface area (Å²) >= 11 is 0. The molecule has 1 rings (SSSR count). The van der Waals surface area contributed by atoms with Crippen LogP contribution in [0.1, 0.15) is 52.4 Å². The maximum absolute atomic E-state index is 11.4. The highest BCUT2D eigenvalue weighted by Crippen LogP contribution is 2.03. The zero-order valence-electron chi connectivity index (χ0n) is 12.9. The Morgan fingerprint density at radius 1 is 1.10 bits per heavy atom. The Hall–Kier alpha value is -0.940. The van der Waals surface area contributed by atoms with Gasteiger partial charge >= 0.3 is 0 Å². The van der Waals surface area contributed by atoms with E-state index < -0.39 is 0 Å². The molecule has 1 aliphatic rings. The van der Waals surface area contributed by atoms with Gasteiger partial charge in [-0.05, 0) is 45.4 Å². The number of imide groups is 1. The number of rotatable bonds is 11. The second-order valence-corrected chi connectivity index (χ2v) is 5.53. The van der Waals surface area contributed by atoms with Crippen LogP contribution in [0.4, 0.5) is 0 Å². The number of carbonyl (C=O) groups is 2. The van der Waals surface area contributed by atoms with Crippen LogP contribution < -0.4 is 10.6 Å². The molecule has 5 heteroatoms. The van der Waals surface area contributed by atoms with Crippen molar-refractivity contribution >= 4 is 11.8 Å². The van der Waals surface area contributed by atoms with Gasteiger partial charge in [0.15, 0.2) is 0 Å². The zero-order chi connectivity index (χ0) is 14.8. The molecular weight excluding hydrogens is 254 g/mol. The van der Waals surface area contributed by atoms with E-state index in [1.54, 1.807) is 0 Å². The van der Waals surface area contributed by atoms with Crippen molar-refractivity contribution in [3.63, 3.8) is 0 Å². The Balaban J connectivity index is 2.15. The van der Waals surface area contributed by atoms with E-state index in [0.29, 0.717) is 0 Å². The zero-order valence-corrected chi connectivity index (χ0v) is 12.9. The molecule has 1 atom stereocenters. The lowest BCUT2D eigenvalue weighted by Gasteiger charge is -2.22. The van der Waals surface area contributed by atoms with Crippen LogP contribution in [0, 0.1) is 0 Å². The third-order valence-electron chi connectivity index (χ3n) is 3.67. The molecule has 1 aliphatic heterocycles. The quantitative estimate of drug-likeness (QED) is 0.443. The summed E-state index contributed by atoms with van der Waals surface area (Å²) in [6, 6.07) is -0.317. The number of nitrogens with one attached hydrogen (secondary N) is 2. The molecule has 0 aromatic heterocycles. The number of carbonyl (C=O) groups excluding carboxylic acids is 2. The van der Waals surface area contributed by atoms with Crippen LogP contribution in [0.15, 0.2) is 0 Å². The van der Waals surface area contributed by atoms with E-state index in [1.165, 1.54) is 38.8 Å². The standard InChI is InChI=1S/C15H29N3O2/c1-3-5-9-18(10-6-4-2)11-7-8-16-13-12-14(19)17-15(13)20/h13,16H,3-12H2,1-2H3,(H,17,19,20). The molecule has 0 aromatic carbocycles. The van der Waals surface area contributed by atoms with Gasteiger partial charge in [0.2, 0.25) is 11.8 Å². The van der Waals surface area contributed by atoms with Gasteiger partial charge in [0.05, 0.1) is 12.5 Å². The maximum atomic E-state index is 11.4. The van der Waals surface area contributed by atoms with Crippen LogP contribution >= 0.6 is 0 Å². The van der Waals surface area contributed by atoms with Crippen molar-refractivity contribution in [3.05, 3.63) is 0 Å². The van der Waals surface area contributed by atoms with Crippen LogP contribution in [0.5, 0.6) is 0 Å². The van der Waals surface area contributed by atoms with Gasteiger partial charge in [-0.3, -0.25) is 14.9 Å². The molecule has 5 nitrogen and oxygen atoms in total. The highest BCUT2D eigenvalue weighted by Gasteiger charge is 2.29. The Morgan fingerprint density at radius 3 is 2.20 bits per heavy atom. The van der Waals surface area contributed by atoms with Crippen molar-refractivity contribution in [2.45, 2.75) is 58.4 Å².